The van der Waals surface area contributed by atoms with E-state index in [4.69, 9.17) is 5.73 Å². The number of carbonyl (C=O) groups is 2. The zero-order chi connectivity index (χ0) is 18.6. The van der Waals surface area contributed by atoms with Crippen LogP contribution in [0.25, 0.3) is 5.69 Å². The third-order valence-corrected chi connectivity index (χ3v) is 5.15. The average molecular weight is 357 g/mol. The van der Waals surface area contributed by atoms with Gasteiger partial charge in [0, 0.05) is 13.1 Å². The Labute approximate surface area is 150 Å². The number of amides is 3. The normalized spacial score (nSPS) is 17.8. The van der Waals surface area contributed by atoms with Gasteiger partial charge in [-0.05, 0) is 44.9 Å². The molecule has 1 aromatic heterocycles. The molecule has 0 bridgehead atoms. The molecule has 2 N–H and O–H groups in total. The summed E-state index contributed by atoms with van der Waals surface area (Å²) in [6, 6.07) is 4.05. The summed E-state index contributed by atoms with van der Waals surface area (Å²) >= 11 is 0. The highest BCUT2D eigenvalue weighted by atomic mass is 19.1. The Hall–Kier alpha value is -2.90. The van der Waals surface area contributed by atoms with Crippen molar-refractivity contribution in [3.05, 3.63) is 41.7 Å². The van der Waals surface area contributed by atoms with Gasteiger partial charge < -0.3 is 10.6 Å². The molecule has 8 heteroatoms. The number of nitrogens with two attached hydrogens (primary N) is 1. The maximum Gasteiger partial charge on any atom is 0.325 e. The third kappa shape index (κ3) is 2.21. The summed E-state index contributed by atoms with van der Waals surface area (Å²) in [5.41, 5.74) is 6.26. The fraction of sp³-hybridized carbons (Fsp3) is 0.389. The zero-order valence-electron chi connectivity index (χ0n) is 14.7. The predicted molar refractivity (Wildman–Crippen MR) is 93.7 cm³/mol. The van der Waals surface area contributed by atoms with Gasteiger partial charge in [-0.15, -0.1) is 0 Å². The quantitative estimate of drug-likeness (QED) is 0.850. The SMILES string of the molecule is CC1(C)c2c(C(N)=O)ncn2-c2ccc(F)cc2N1C(=O)N1CCCC1. The highest BCUT2D eigenvalue weighted by Crippen LogP contribution is 2.44. The first-order valence-electron chi connectivity index (χ1n) is 8.59. The van der Waals surface area contributed by atoms with Crippen molar-refractivity contribution < 1.29 is 14.0 Å². The molecular weight excluding hydrogens is 337 g/mol. The van der Waals surface area contributed by atoms with Gasteiger partial charge >= 0.3 is 6.03 Å². The third-order valence-electron chi connectivity index (χ3n) is 5.15. The van der Waals surface area contributed by atoms with E-state index in [-0.39, 0.29) is 11.7 Å². The number of fused-ring (bicyclic) bond motifs is 3. The number of benzene rings is 1. The second-order valence-corrected chi connectivity index (χ2v) is 7.18. The van der Waals surface area contributed by atoms with Gasteiger partial charge in [0.1, 0.15) is 12.1 Å². The van der Waals surface area contributed by atoms with Crippen molar-refractivity contribution in [2.45, 2.75) is 32.2 Å². The molecule has 1 aromatic carbocycles. The fourth-order valence-corrected chi connectivity index (χ4v) is 3.97. The molecule has 0 unspecified atom stereocenters. The number of urea groups is 1. The number of hydrogen-bond acceptors (Lipinski definition) is 3. The number of nitrogens with zero attached hydrogens (tertiary/aromatic N) is 4. The summed E-state index contributed by atoms with van der Waals surface area (Å²) in [5, 5.41) is 0. The number of halogens is 1. The number of primary amides is 1. The lowest BCUT2D eigenvalue weighted by Crippen LogP contribution is -2.54. The Kier molecular flexibility index (Phi) is 3.54. The van der Waals surface area contributed by atoms with E-state index in [1.54, 1.807) is 20.4 Å². The Balaban J connectivity index is 1.96. The van der Waals surface area contributed by atoms with E-state index in [1.165, 1.54) is 18.5 Å². The predicted octanol–water partition coefficient (Wildman–Crippen LogP) is 2.38. The summed E-state index contributed by atoms with van der Waals surface area (Å²) in [7, 11) is 0. The van der Waals surface area contributed by atoms with Crippen LogP contribution in [0.15, 0.2) is 24.5 Å². The molecule has 0 saturated carbocycles. The number of anilines is 1. The summed E-state index contributed by atoms with van der Waals surface area (Å²) in [5.74, 6) is -1.09. The first kappa shape index (κ1) is 16.6. The average Bonchev–Trinajstić information content (AvgIpc) is 3.24. The lowest BCUT2D eigenvalue weighted by atomic mass is 9.91. The summed E-state index contributed by atoms with van der Waals surface area (Å²) < 4.78 is 15.7. The van der Waals surface area contributed by atoms with Gasteiger partial charge in [-0.2, -0.15) is 0 Å². The van der Waals surface area contributed by atoms with Crippen LogP contribution < -0.4 is 10.6 Å². The van der Waals surface area contributed by atoms with Crippen LogP contribution >= 0.6 is 0 Å². The first-order chi connectivity index (χ1) is 12.3. The van der Waals surface area contributed by atoms with Gasteiger partial charge in [-0.25, -0.2) is 14.2 Å². The van der Waals surface area contributed by atoms with Crippen LogP contribution in [0.1, 0.15) is 42.9 Å². The molecule has 3 heterocycles. The minimum absolute atomic E-state index is 0.115. The second kappa shape index (κ2) is 5.55. The van der Waals surface area contributed by atoms with Crippen molar-refractivity contribution in [3.8, 4) is 5.69 Å². The number of imidazole rings is 1. The number of aromatic nitrogens is 2. The van der Waals surface area contributed by atoms with Crippen LogP contribution in [0.4, 0.5) is 14.9 Å². The van der Waals surface area contributed by atoms with Gasteiger partial charge in [-0.1, -0.05) is 0 Å². The molecule has 136 valence electrons. The molecule has 26 heavy (non-hydrogen) atoms. The summed E-state index contributed by atoms with van der Waals surface area (Å²) in [4.78, 5) is 32.6. The monoisotopic (exact) mass is 357 g/mol. The summed E-state index contributed by atoms with van der Waals surface area (Å²) in [6.07, 6.45) is 3.38. The molecule has 4 rings (SSSR count). The van der Waals surface area contributed by atoms with Crippen molar-refractivity contribution in [1.29, 1.82) is 0 Å². The van der Waals surface area contributed by atoms with E-state index in [2.05, 4.69) is 4.98 Å². The lowest BCUT2D eigenvalue weighted by Gasteiger charge is -2.45. The largest absolute Gasteiger partial charge is 0.364 e. The van der Waals surface area contributed by atoms with Crippen molar-refractivity contribution in [2.75, 3.05) is 18.0 Å². The number of hydrogen-bond donors (Lipinski definition) is 1. The van der Waals surface area contributed by atoms with E-state index in [0.29, 0.717) is 30.2 Å². The van der Waals surface area contributed by atoms with Gasteiger partial charge in [0.05, 0.1) is 22.6 Å². The molecule has 1 fully saturated rings. The Bertz CT molecular complexity index is 914. The standard InChI is InChI=1S/C18H20FN5O2/c1-18(2)15-14(16(20)25)21-10-23(15)12-6-5-11(19)9-13(12)24(18)17(26)22-7-3-4-8-22/h5-6,9-10H,3-4,7-8H2,1-2H3,(H2,20,25). The Morgan fingerprint density at radius 1 is 1.19 bits per heavy atom. The molecule has 3 amide bonds. The van der Waals surface area contributed by atoms with E-state index in [0.717, 1.165) is 12.8 Å². The molecular formula is C18H20FN5O2. The van der Waals surface area contributed by atoms with Crippen LogP contribution in [0.5, 0.6) is 0 Å². The van der Waals surface area contributed by atoms with Crippen LogP contribution in [0.3, 0.4) is 0 Å². The van der Waals surface area contributed by atoms with Gasteiger partial charge in [-0.3, -0.25) is 14.3 Å². The molecule has 2 aliphatic rings. The maximum absolute atomic E-state index is 14.0. The van der Waals surface area contributed by atoms with Crippen molar-refractivity contribution in [2.24, 2.45) is 5.73 Å². The van der Waals surface area contributed by atoms with Crippen LogP contribution in [-0.4, -0.2) is 39.5 Å². The van der Waals surface area contributed by atoms with Crippen molar-refractivity contribution >= 4 is 17.6 Å². The highest BCUT2D eigenvalue weighted by molar-refractivity contribution is 5.99. The first-order valence-corrected chi connectivity index (χ1v) is 8.59. The molecule has 0 radical (unpaired) electrons. The number of likely N-dealkylation sites (tertiary alicyclic amines) is 1. The minimum Gasteiger partial charge on any atom is -0.364 e. The minimum atomic E-state index is -0.929. The topological polar surface area (TPSA) is 84.5 Å². The molecule has 0 spiro atoms. The Morgan fingerprint density at radius 3 is 2.54 bits per heavy atom. The van der Waals surface area contributed by atoms with Gasteiger partial charge in [0.25, 0.3) is 5.91 Å². The van der Waals surface area contributed by atoms with E-state index in [1.807, 2.05) is 13.8 Å². The second-order valence-electron chi connectivity index (χ2n) is 7.18. The molecule has 0 atom stereocenters. The maximum atomic E-state index is 14.0. The van der Waals surface area contributed by atoms with E-state index < -0.39 is 17.3 Å². The van der Waals surface area contributed by atoms with Crippen LogP contribution in [0.2, 0.25) is 0 Å². The smallest absolute Gasteiger partial charge is 0.325 e. The molecule has 2 aromatic rings. The molecule has 1 saturated heterocycles. The lowest BCUT2D eigenvalue weighted by molar-refractivity contribution is 0.0993. The molecule has 0 aliphatic carbocycles. The van der Waals surface area contributed by atoms with Crippen molar-refractivity contribution in [1.82, 2.24) is 14.5 Å². The molecule has 2 aliphatic heterocycles. The highest BCUT2D eigenvalue weighted by Gasteiger charge is 2.46. The number of rotatable bonds is 1. The van der Waals surface area contributed by atoms with Gasteiger partial charge in [0.2, 0.25) is 0 Å². The fourth-order valence-electron chi connectivity index (χ4n) is 3.97. The Morgan fingerprint density at radius 2 is 1.88 bits per heavy atom. The van der Waals surface area contributed by atoms with Gasteiger partial charge in [0.15, 0.2) is 5.69 Å². The molecule has 7 nitrogen and oxygen atoms in total. The number of carbonyl (C=O) groups excluding carboxylic acids is 2. The summed E-state index contributed by atoms with van der Waals surface area (Å²) in [6.45, 7) is 4.96. The van der Waals surface area contributed by atoms with E-state index in [9.17, 15) is 14.0 Å². The zero-order valence-corrected chi connectivity index (χ0v) is 14.7. The van der Waals surface area contributed by atoms with Crippen LogP contribution in [-0.2, 0) is 5.54 Å². The van der Waals surface area contributed by atoms with Crippen molar-refractivity contribution in [3.63, 3.8) is 0 Å². The van der Waals surface area contributed by atoms with E-state index >= 15 is 0 Å². The van der Waals surface area contributed by atoms with Crippen LogP contribution in [0, 0.1) is 5.82 Å².